The second-order valence-corrected chi connectivity index (χ2v) is 5.99. The number of thiazole rings is 1. The van der Waals surface area contributed by atoms with Crippen LogP contribution in [0.2, 0.25) is 0 Å². The van der Waals surface area contributed by atoms with Crippen molar-refractivity contribution < 1.29 is 9.90 Å². The van der Waals surface area contributed by atoms with Crippen molar-refractivity contribution >= 4 is 29.3 Å². The number of unbranched alkanes of at least 4 members (excludes halogenated alkanes) is 1. The molecule has 0 saturated heterocycles. The number of aliphatic carboxylic acids is 1. The lowest BCUT2D eigenvalue weighted by atomic mass is 10.2. The number of hydrogen-bond acceptors (Lipinski definition) is 6. The minimum absolute atomic E-state index is 0.0455. The van der Waals surface area contributed by atoms with E-state index in [1.807, 2.05) is 0 Å². The summed E-state index contributed by atoms with van der Waals surface area (Å²) in [6.45, 7) is 2.13. The van der Waals surface area contributed by atoms with Crippen LogP contribution in [0.15, 0.2) is 16.0 Å². The molecule has 2 heterocycles. The van der Waals surface area contributed by atoms with E-state index in [-0.39, 0.29) is 6.42 Å². The Balaban J connectivity index is 1.94. The molecule has 0 fully saturated rings. The number of carboxylic acid groups (broad SMARTS) is 1. The van der Waals surface area contributed by atoms with Gasteiger partial charge in [-0.15, -0.1) is 16.4 Å². The minimum atomic E-state index is -0.871. The third kappa shape index (κ3) is 4.32. The first-order chi connectivity index (χ1) is 9.17. The van der Waals surface area contributed by atoms with Crippen molar-refractivity contribution in [1.29, 1.82) is 0 Å². The van der Waals surface area contributed by atoms with Crippen molar-refractivity contribution in [1.82, 2.24) is 19.2 Å². The highest BCUT2D eigenvalue weighted by molar-refractivity contribution is 7.99. The second kappa shape index (κ2) is 6.67. The predicted octanol–water partition coefficient (Wildman–Crippen LogP) is 2.26. The number of aryl methyl sites for hydroxylation is 1. The molecule has 1 N–H and O–H groups in total. The fourth-order valence-corrected chi connectivity index (χ4v) is 3.06. The van der Waals surface area contributed by atoms with Gasteiger partial charge in [-0.3, -0.25) is 4.79 Å². The SMILES string of the molecule is CCCCc1ncn(Sc2nc(CC(=O)O)cs2)n1. The number of carboxylic acids is 1. The zero-order valence-corrected chi connectivity index (χ0v) is 12.1. The van der Waals surface area contributed by atoms with Gasteiger partial charge in [0.25, 0.3) is 0 Å². The number of carbonyl (C=O) groups is 1. The second-order valence-electron chi connectivity index (χ2n) is 3.93. The third-order valence-electron chi connectivity index (χ3n) is 2.31. The molecule has 0 bridgehead atoms. The summed E-state index contributed by atoms with van der Waals surface area (Å²) in [5, 5.41) is 14.8. The Morgan fingerprint density at radius 1 is 1.58 bits per heavy atom. The summed E-state index contributed by atoms with van der Waals surface area (Å²) in [4.78, 5) is 19.0. The number of nitrogens with zero attached hydrogens (tertiary/aromatic N) is 4. The van der Waals surface area contributed by atoms with Crippen LogP contribution in [0, 0.1) is 0 Å². The Labute approximate surface area is 119 Å². The van der Waals surface area contributed by atoms with Gasteiger partial charge in [0.1, 0.15) is 6.33 Å². The van der Waals surface area contributed by atoms with Crippen LogP contribution in [0.4, 0.5) is 0 Å². The van der Waals surface area contributed by atoms with E-state index >= 15 is 0 Å². The highest BCUT2D eigenvalue weighted by Crippen LogP contribution is 2.23. The van der Waals surface area contributed by atoms with E-state index in [0.29, 0.717) is 5.69 Å². The molecule has 0 aliphatic carbocycles. The topological polar surface area (TPSA) is 80.9 Å². The Kier molecular flexibility index (Phi) is 4.92. The normalized spacial score (nSPS) is 10.8. The monoisotopic (exact) mass is 298 g/mol. The molecule has 0 aliphatic heterocycles. The van der Waals surface area contributed by atoms with Crippen molar-refractivity contribution in [3.8, 4) is 0 Å². The van der Waals surface area contributed by atoms with Crippen LogP contribution < -0.4 is 0 Å². The van der Waals surface area contributed by atoms with Gasteiger partial charge in [-0.1, -0.05) is 13.3 Å². The van der Waals surface area contributed by atoms with Gasteiger partial charge in [0.05, 0.1) is 12.1 Å². The van der Waals surface area contributed by atoms with Crippen LogP contribution in [0.1, 0.15) is 31.3 Å². The number of aromatic nitrogens is 4. The number of rotatable bonds is 7. The molecule has 6 nitrogen and oxygen atoms in total. The van der Waals surface area contributed by atoms with E-state index in [1.165, 1.54) is 23.3 Å². The van der Waals surface area contributed by atoms with Gasteiger partial charge < -0.3 is 5.11 Å². The first kappa shape index (κ1) is 14.0. The molecule has 102 valence electrons. The molecule has 0 unspecified atom stereocenters. The van der Waals surface area contributed by atoms with Gasteiger partial charge in [-0.2, -0.15) is 4.09 Å². The standard InChI is InChI=1S/C11H14N4O2S2/c1-2-3-4-9-12-7-15(14-9)19-11-13-8(6-18-11)5-10(16)17/h6-7H,2-5H2,1H3,(H,16,17). The molecule has 0 aliphatic rings. The average molecular weight is 298 g/mol. The summed E-state index contributed by atoms with van der Waals surface area (Å²) in [6.07, 6.45) is 4.69. The molecule has 0 aromatic carbocycles. The van der Waals surface area contributed by atoms with Gasteiger partial charge in [-0.25, -0.2) is 9.97 Å². The Bertz CT molecular complexity index is 552. The molecular weight excluding hydrogens is 284 g/mol. The van der Waals surface area contributed by atoms with E-state index < -0.39 is 5.97 Å². The van der Waals surface area contributed by atoms with E-state index in [0.717, 1.165) is 29.4 Å². The Morgan fingerprint density at radius 3 is 3.16 bits per heavy atom. The van der Waals surface area contributed by atoms with Crippen LogP contribution in [-0.2, 0) is 17.6 Å². The molecular formula is C11H14N4O2S2. The van der Waals surface area contributed by atoms with E-state index in [2.05, 4.69) is 22.0 Å². The van der Waals surface area contributed by atoms with Gasteiger partial charge in [-0.05, 0) is 6.42 Å². The Morgan fingerprint density at radius 2 is 2.42 bits per heavy atom. The maximum Gasteiger partial charge on any atom is 0.309 e. The smallest absolute Gasteiger partial charge is 0.309 e. The van der Waals surface area contributed by atoms with Gasteiger partial charge >= 0.3 is 5.97 Å². The highest BCUT2D eigenvalue weighted by Gasteiger charge is 2.08. The maximum absolute atomic E-state index is 10.6. The van der Waals surface area contributed by atoms with Crippen LogP contribution in [-0.4, -0.2) is 30.2 Å². The van der Waals surface area contributed by atoms with Crippen molar-refractivity contribution in [3.05, 3.63) is 23.2 Å². The lowest BCUT2D eigenvalue weighted by Gasteiger charge is -1.94. The average Bonchev–Trinajstić information content (AvgIpc) is 2.96. The third-order valence-corrected chi connectivity index (χ3v) is 4.11. The maximum atomic E-state index is 10.6. The minimum Gasteiger partial charge on any atom is -0.481 e. The predicted molar refractivity (Wildman–Crippen MR) is 73.3 cm³/mol. The van der Waals surface area contributed by atoms with E-state index in [4.69, 9.17) is 5.11 Å². The van der Waals surface area contributed by atoms with Crippen LogP contribution in [0.5, 0.6) is 0 Å². The van der Waals surface area contributed by atoms with E-state index in [9.17, 15) is 4.79 Å². The van der Waals surface area contributed by atoms with Gasteiger partial charge in [0.2, 0.25) is 0 Å². The molecule has 0 radical (unpaired) electrons. The molecule has 0 amide bonds. The molecule has 2 aromatic rings. The first-order valence-corrected chi connectivity index (χ1v) is 7.57. The summed E-state index contributed by atoms with van der Waals surface area (Å²) >= 11 is 2.76. The largest absolute Gasteiger partial charge is 0.481 e. The molecule has 2 rings (SSSR count). The van der Waals surface area contributed by atoms with Gasteiger partial charge in [0.15, 0.2) is 10.2 Å². The lowest BCUT2D eigenvalue weighted by Crippen LogP contribution is -2.00. The zero-order valence-electron chi connectivity index (χ0n) is 10.4. The first-order valence-electron chi connectivity index (χ1n) is 5.92. The number of hydrogen-bond donors (Lipinski definition) is 1. The molecule has 8 heteroatoms. The zero-order chi connectivity index (χ0) is 13.7. The fraction of sp³-hybridized carbons (Fsp3) is 0.455. The van der Waals surface area contributed by atoms with Crippen molar-refractivity contribution in [3.63, 3.8) is 0 Å². The molecule has 0 spiro atoms. The summed E-state index contributed by atoms with van der Waals surface area (Å²) in [5.74, 6) is -0.0406. The summed E-state index contributed by atoms with van der Waals surface area (Å²) < 4.78 is 2.43. The van der Waals surface area contributed by atoms with Crippen molar-refractivity contribution in [2.45, 2.75) is 36.9 Å². The summed E-state index contributed by atoms with van der Waals surface area (Å²) in [7, 11) is 0. The van der Waals surface area contributed by atoms with Crippen LogP contribution in [0.3, 0.4) is 0 Å². The van der Waals surface area contributed by atoms with Gasteiger partial charge in [0, 0.05) is 23.7 Å². The molecule has 0 saturated carbocycles. The van der Waals surface area contributed by atoms with Crippen LogP contribution >= 0.6 is 23.3 Å². The van der Waals surface area contributed by atoms with E-state index in [1.54, 1.807) is 15.8 Å². The summed E-state index contributed by atoms with van der Waals surface area (Å²) in [5.41, 5.74) is 0.575. The molecule has 19 heavy (non-hydrogen) atoms. The molecule has 0 atom stereocenters. The lowest BCUT2D eigenvalue weighted by molar-refractivity contribution is -0.136. The van der Waals surface area contributed by atoms with Crippen molar-refractivity contribution in [2.75, 3.05) is 0 Å². The molecule has 2 aromatic heterocycles. The Hall–Kier alpha value is -1.41. The van der Waals surface area contributed by atoms with Crippen molar-refractivity contribution in [2.24, 2.45) is 0 Å². The van der Waals surface area contributed by atoms with Crippen LogP contribution in [0.25, 0.3) is 0 Å². The highest BCUT2D eigenvalue weighted by atomic mass is 32.2. The quantitative estimate of drug-likeness (QED) is 0.844. The summed E-state index contributed by atoms with van der Waals surface area (Å²) in [6, 6.07) is 0. The fourth-order valence-electron chi connectivity index (χ4n) is 1.42.